The number of amides is 1. The lowest BCUT2D eigenvalue weighted by Gasteiger charge is -1.94. The van der Waals surface area contributed by atoms with E-state index in [1.165, 1.54) is 23.5 Å². The second-order valence-electron chi connectivity index (χ2n) is 4.14. The first-order chi connectivity index (χ1) is 9.70. The van der Waals surface area contributed by atoms with Gasteiger partial charge in [0.2, 0.25) is 11.8 Å². The van der Waals surface area contributed by atoms with Gasteiger partial charge in [-0.05, 0) is 19.1 Å². The molecule has 0 fully saturated rings. The van der Waals surface area contributed by atoms with Crippen LogP contribution in [0.5, 0.6) is 0 Å². The van der Waals surface area contributed by atoms with Crippen molar-refractivity contribution in [3.63, 3.8) is 0 Å². The van der Waals surface area contributed by atoms with Crippen LogP contribution in [0.4, 0.5) is 5.13 Å². The highest BCUT2D eigenvalue weighted by Crippen LogP contribution is 2.16. The smallest absolute Gasteiger partial charge is 0.250 e. The monoisotopic (exact) mass is 285 g/mol. The molecule has 2 aromatic heterocycles. The third kappa shape index (κ3) is 2.75. The number of anilines is 1. The Morgan fingerprint density at radius 3 is 2.95 bits per heavy atom. The van der Waals surface area contributed by atoms with Gasteiger partial charge in [0.05, 0.1) is 5.69 Å². The van der Waals surface area contributed by atoms with Gasteiger partial charge < -0.3 is 4.42 Å². The first kappa shape index (κ1) is 12.6. The highest BCUT2D eigenvalue weighted by Gasteiger charge is 2.04. The van der Waals surface area contributed by atoms with E-state index in [1.54, 1.807) is 0 Å². The van der Waals surface area contributed by atoms with Crippen LogP contribution in [0.15, 0.2) is 40.1 Å². The molecule has 0 saturated heterocycles. The number of aromatic nitrogens is 2. The number of fused-ring (bicyclic) bond motifs is 1. The van der Waals surface area contributed by atoms with E-state index in [2.05, 4.69) is 15.3 Å². The van der Waals surface area contributed by atoms with Crippen molar-refractivity contribution < 1.29 is 9.21 Å². The highest BCUT2D eigenvalue weighted by atomic mass is 32.1. The molecular weight excluding hydrogens is 274 g/mol. The summed E-state index contributed by atoms with van der Waals surface area (Å²) in [6.45, 7) is 1.88. The van der Waals surface area contributed by atoms with Gasteiger partial charge in [-0.25, -0.2) is 9.97 Å². The van der Waals surface area contributed by atoms with E-state index < -0.39 is 0 Å². The van der Waals surface area contributed by atoms with Gasteiger partial charge in [0, 0.05) is 17.5 Å². The van der Waals surface area contributed by atoms with E-state index >= 15 is 0 Å². The van der Waals surface area contributed by atoms with Gasteiger partial charge in [0.15, 0.2) is 10.7 Å². The van der Waals surface area contributed by atoms with Crippen LogP contribution < -0.4 is 5.32 Å². The summed E-state index contributed by atoms with van der Waals surface area (Å²) in [5, 5.41) is 5.13. The number of rotatable bonds is 3. The molecule has 0 bridgehead atoms. The summed E-state index contributed by atoms with van der Waals surface area (Å²) < 4.78 is 5.48. The van der Waals surface area contributed by atoms with Crippen LogP contribution in [0, 0.1) is 6.92 Å². The van der Waals surface area contributed by atoms with Gasteiger partial charge in [0.25, 0.3) is 0 Å². The van der Waals surface area contributed by atoms with Gasteiger partial charge in [-0.2, -0.15) is 0 Å². The molecule has 0 aliphatic heterocycles. The fourth-order valence-corrected chi connectivity index (χ4v) is 2.36. The van der Waals surface area contributed by atoms with E-state index in [0.29, 0.717) is 16.6 Å². The third-order valence-electron chi connectivity index (χ3n) is 2.54. The predicted molar refractivity (Wildman–Crippen MR) is 78.5 cm³/mol. The van der Waals surface area contributed by atoms with E-state index in [9.17, 15) is 4.79 Å². The Hall–Kier alpha value is -2.47. The van der Waals surface area contributed by atoms with Gasteiger partial charge in [0.1, 0.15) is 5.52 Å². The van der Waals surface area contributed by atoms with Crippen LogP contribution in [0.25, 0.3) is 17.2 Å². The van der Waals surface area contributed by atoms with Crippen LogP contribution in [0.2, 0.25) is 0 Å². The number of nitrogens with one attached hydrogen (secondary N) is 1. The fourth-order valence-electron chi connectivity index (χ4n) is 1.67. The van der Waals surface area contributed by atoms with Crippen LogP contribution >= 0.6 is 11.3 Å². The molecule has 1 amide bonds. The number of thiazole rings is 1. The van der Waals surface area contributed by atoms with Crippen molar-refractivity contribution in [3.05, 3.63) is 47.3 Å². The molecule has 100 valence electrons. The van der Waals surface area contributed by atoms with E-state index in [4.69, 9.17) is 4.42 Å². The molecule has 6 heteroatoms. The molecule has 0 radical (unpaired) electrons. The van der Waals surface area contributed by atoms with Gasteiger partial charge in [-0.15, -0.1) is 11.3 Å². The molecule has 0 unspecified atom stereocenters. The predicted octanol–water partition coefficient (Wildman–Crippen LogP) is 3.24. The second-order valence-corrected chi connectivity index (χ2v) is 4.99. The zero-order chi connectivity index (χ0) is 13.9. The summed E-state index contributed by atoms with van der Waals surface area (Å²) in [4.78, 5) is 20.1. The maximum Gasteiger partial charge on any atom is 0.250 e. The Kier molecular flexibility index (Phi) is 3.30. The van der Waals surface area contributed by atoms with Crippen molar-refractivity contribution >= 4 is 39.6 Å². The summed E-state index contributed by atoms with van der Waals surface area (Å²) >= 11 is 1.39. The lowest BCUT2D eigenvalue weighted by molar-refractivity contribution is -0.111. The number of para-hydroxylation sites is 2. The first-order valence-electron chi connectivity index (χ1n) is 5.97. The molecule has 0 aliphatic carbocycles. The lowest BCUT2D eigenvalue weighted by Crippen LogP contribution is -2.07. The third-order valence-corrected chi connectivity index (χ3v) is 3.41. The number of aryl methyl sites for hydroxylation is 1. The van der Waals surface area contributed by atoms with Crippen LogP contribution in [0.1, 0.15) is 11.6 Å². The quantitative estimate of drug-likeness (QED) is 0.750. The Bertz CT molecular complexity index is 755. The zero-order valence-electron chi connectivity index (χ0n) is 10.7. The maximum atomic E-state index is 11.7. The van der Waals surface area contributed by atoms with Gasteiger partial charge in [-0.3, -0.25) is 10.1 Å². The summed E-state index contributed by atoms with van der Waals surface area (Å²) in [5.41, 5.74) is 2.35. The van der Waals surface area contributed by atoms with Crippen molar-refractivity contribution in [1.82, 2.24) is 9.97 Å². The fraction of sp³-hybridized carbons (Fsp3) is 0.0714. The molecule has 2 heterocycles. The number of hydrogen-bond acceptors (Lipinski definition) is 5. The molecule has 3 aromatic rings. The molecule has 1 N–H and O–H groups in total. The molecule has 1 aromatic carbocycles. The molecule has 0 spiro atoms. The highest BCUT2D eigenvalue weighted by molar-refractivity contribution is 7.13. The molecule has 20 heavy (non-hydrogen) atoms. The van der Waals surface area contributed by atoms with E-state index in [1.807, 2.05) is 36.6 Å². The Morgan fingerprint density at radius 1 is 1.35 bits per heavy atom. The topological polar surface area (TPSA) is 68.0 Å². The normalized spacial score (nSPS) is 11.2. The number of benzene rings is 1. The number of oxazole rings is 1. The zero-order valence-corrected chi connectivity index (χ0v) is 11.5. The number of carbonyl (C=O) groups excluding carboxylic acids is 1. The average molecular weight is 285 g/mol. The SMILES string of the molecule is Cc1csc(NC(=O)/C=C/c2nc3ccccc3o2)n1. The Balaban J connectivity index is 1.71. The van der Waals surface area contributed by atoms with E-state index in [0.717, 1.165) is 11.2 Å². The summed E-state index contributed by atoms with van der Waals surface area (Å²) in [6, 6.07) is 7.45. The summed E-state index contributed by atoms with van der Waals surface area (Å²) in [7, 11) is 0. The van der Waals surface area contributed by atoms with Gasteiger partial charge in [-0.1, -0.05) is 12.1 Å². The van der Waals surface area contributed by atoms with Crippen LogP contribution in [-0.4, -0.2) is 15.9 Å². The van der Waals surface area contributed by atoms with Gasteiger partial charge >= 0.3 is 0 Å². The first-order valence-corrected chi connectivity index (χ1v) is 6.85. The molecule has 3 rings (SSSR count). The minimum Gasteiger partial charge on any atom is -0.437 e. The van der Waals surface area contributed by atoms with E-state index in [-0.39, 0.29) is 5.91 Å². The number of hydrogen-bond donors (Lipinski definition) is 1. The van der Waals surface area contributed by atoms with Crippen molar-refractivity contribution in [2.75, 3.05) is 5.32 Å². The minimum absolute atomic E-state index is 0.262. The lowest BCUT2D eigenvalue weighted by atomic mass is 10.3. The Labute approximate surface area is 119 Å². The number of carbonyl (C=O) groups is 1. The maximum absolute atomic E-state index is 11.7. The summed E-state index contributed by atoms with van der Waals surface area (Å²) in [6.07, 6.45) is 2.91. The molecule has 0 atom stereocenters. The van der Waals surface area contributed by atoms with Crippen molar-refractivity contribution in [2.45, 2.75) is 6.92 Å². The van der Waals surface area contributed by atoms with Crippen LogP contribution in [-0.2, 0) is 4.79 Å². The molecule has 5 nitrogen and oxygen atoms in total. The van der Waals surface area contributed by atoms with Crippen molar-refractivity contribution in [3.8, 4) is 0 Å². The Morgan fingerprint density at radius 2 is 2.20 bits per heavy atom. The summed E-state index contributed by atoms with van der Waals surface area (Å²) in [5.74, 6) is 0.137. The van der Waals surface area contributed by atoms with Crippen molar-refractivity contribution in [1.29, 1.82) is 0 Å². The minimum atomic E-state index is -0.262. The molecule has 0 aliphatic rings. The average Bonchev–Trinajstić information content (AvgIpc) is 3.02. The molecular formula is C14H11N3O2S. The largest absolute Gasteiger partial charge is 0.437 e. The van der Waals surface area contributed by atoms with Crippen molar-refractivity contribution in [2.24, 2.45) is 0 Å². The molecule has 0 saturated carbocycles. The second kappa shape index (κ2) is 5.26. The standard InChI is InChI=1S/C14H11N3O2S/c1-9-8-20-14(15-9)17-12(18)6-7-13-16-10-4-2-3-5-11(10)19-13/h2-8H,1H3,(H,15,17,18)/b7-6+. The van der Waals surface area contributed by atoms with Crippen LogP contribution in [0.3, 0.4) is 0 Å². The number of nitrogens with zero attached hydrogens (tertiary/aromatic N) is 2.